The van der Waals surface area contributed by atoms with Crippen molar-refractivity contribution in [2.45, 2.75) is 32.5 Å². The van der Waals surface area contributed by atoms with Gasteiger partial charge in [0.15, 0.2) is 5.78 Å². The summed E-state index contributed by atoms with van der Waals surface area (Å²) in [4.78, 5) is 30.7. The predicted octanol–water partition coefficient (Wildman–Crippen LogP) is 3.11. The highest BCUT2D eigenvalue weighted by molar-refractivity contribution is 6.07. The van der Waals surface area contributed by atoms with E-state index >= 15 is 0 Å². The number of benzene rings is 1. The molecule has 1 atom stereocenters. The van der Waals surface area contributed by atoms with E-state index in [2.05, 4.69) is 4.98 Å². The molecule has 0 radical (unpaired) electrons. The highest BCUT2D eigenvalue weighted by Crippen LogP contribution is 2.19. The fourth-order valence-electron chi connectivity index (χ4n) is 3.09. The zero-order valence-corrected chi connectivity index (χ0v) is 14.4. The van der Waals surface area contributed by atoms with E-state index in [9.17, 15) is 9.59 Å². The van der Waals surface area contributed by atoms with Gasteiger partial charge in [0.1, 0.15) is 0 Å². The van der Waals surface area contributed by atoms with E-state index in [0.29, 0.717) is 30.8 Å². The first-order chi connectivity index (χ1) is 12.1. The van der Waals surface area contributed by atoms with Crippen LogP contribution in [0.4, 0.5) is 0 Å². The van der Waals surface area contributed by atoms with Crippen molar-refractivity contribution in [3.63, 3.8) is 0 Å². The van der Waals surface area contributed by atoms with Crippen LogP contribution in [-0.2, 0) is 11.3 Å². The van der Waals surface area contributed by atoms with Crippen LogP contribution in [0.25, 0.3) is 0 Å². The number of carbonyl (C=O) groups is 2. The molecule has 1 fully saturated rings. The minimum atomic E-state index is -0.100. The van der Waals surface area contributed by atoms with Crippen molar-refractivity contribution in [2.24, 2.45) is 0 Å². The Kier molecular flexibility index (Phi) is 5.56. The minimum Gasteiger partial charge on any atom is -0.370 e. The number of carbonyl (C=O) groups excluding carboxylic acids is 2. The number of pyridine rings is 1. The molecule has 5 nitrogen and oxygen atoms in total. The van der Waals surface area contributed by atoms with Crippen molar-refractivity contribution in [3.05, 3.63) is 65.5 Å². The molecule has 1 aromatic carbocycles. The number of hydrogen-bond donors (Lipinski definition) is 0. The third-order valence-electron chi connectivity index (χ3n) is 4.40. The molecule has 1 unspecified atom stereocenters. The second-order valence-corrected chi connectivity index (χ2v) is 6.25. The maximum atomic E-state index is 12.9. The molecule has 130 valence electrons. The van der Waals surface area contributed by atoms with Crippen molar-refractivity contribution in [1.82, 2.24) is 9.88 Å². The Labute approximate surface area is 147 Å². The Bertz CT molecular complexity index is 746. The molecule has 0 aliphatic carbocycles. The maximum Gasteiger partial charge on any atom is 0.254 e. The number of nitrogens with zero attached hydrogens (tertiary/aromatic N) is 2. The summed E-state index contributed by atoms with van der Waals surface area (Å²) in [6.45, 7) is 3.16. The zero-order chi connectivity index (χ0) is 17.6. The molecule has 1 aromatic heterocycles. The maximum absolute atomic E-state index is 12.9. The molecular formula is C20H22N2O3. The summed E-state index contributed by atoms with van der Waals surface area (Å²) in [6, 6.07) is 12.7. The molecule has 2 heterocycles. The summed E-state index contributed by atoms with van der Waals surface area (Å²) in [5, 5.41) is 0. The SMILES string of the molecule is CC(=O)c1ccccc1C(=O)N1CCCC(OCc2ccccn2)C1. The Morgan fingerprint density at radius 2 is 1.92 bits per heavy atom. The van der Waals surface area contributed by atoms with E-state index < -0.39 is 0 Å². The van der Waals surface area contributed by atoms with Gasteiger partial charge in [-0.1, -0.05) is 24.3 Å². The fraction of sp³-hybridized carbons (Fsp3) is 0.350. The molecule has 1 amide bonds. The molecule has 1 aliphatic heterocycles. The highest BCUT2D eigenvalue weighted by atomic mass is 16.5. The normalized spacial score (nSPS) is 17.3. The largest absolute Gasteiger partial charge is 0.370 e. The summed E-state index contributed by atoms with van der Waals surface area (Å²) >= 11 is 0. The number of piperidine rings is 1. The number of rotatable bonds is 5. The lowest BCUT2D eigenvalue weighted by atomic mass is 10.0. The summed E-state index contributed by atoms with van der Waals surface area (Å²) in [6.07, 6.45) is 3.55. The van der Waals surface area contributed by atoms with Gasteiger partial charge in [-0.3, -0.25) is 14.6 Å². The van der Waals surface area contributed by atoms with E-state index in [1.807, 2.05) is 18.2 Å². The first-order valence-electron chi connectivity index (χ1n) is 8.56. The predicted molar refractivity (Wildman–Crippen MR) is 94.4 cm³/mol. The number of aromatic nitrogens is 1. The summed E-state index contributed by atoms with van der Waals surface area (Å²) in [7, 11) is 0. The molecule has 3 rings (SSSR count). The average Bonchev–Trinajstić information content (AvgIpc) is 2.67. The van der Waals surface area contributed by atoms with Crippen LogP contribution in [0, 0.1) is 0 Å². The standard InChI is InChI=1S/C20H22N2O3/c1-15(23)18-9-2-3-10-19(18)20(24)22-12-6-8-17(13-22)25-14-16-7-4-5-11-21-16/h2-5,7,9-11,17H,6,8,12-14H2,1H3. The van der Waals surface area contributed by atoms with Crippen molar-refractivity contribution < 1.29 is 14.3 Å². The Morgan fingerprint density at radius 1 is 1.16 bits per heavy atom. The van der Waals surface area contributed by atoms with Crippen LogP contribution in [0.2, 0.25) is 0 Å². The van der Waals surface area contributed by atoms with Crippen LogP contribution in [0.3, 0.4) is 0 Å². The second-order valence-electron chi connectivity index (χ2n) is 6.25. The number of Topliss-reactive ketones (excluding diaryl/α,β-unsaturated/α-hetero) is 1. The lowest BCUT2D eigenvalue weighted by Gasteiger charge is -2.33. The first kappa shape index (κ1) is 17.3. The molecule has 2 aromatic rings. The monoisotopic (exact) mass is 338 g/mol. The van der Waals surface area contributed by atoms with Gasteiger partial charge < -0.3 is 9.64 Å². The Balaban J connectivity index is 1.65. The third-order valence-corrected chi connectivity index (χ3v) is 4.40. The molecule has 0 bridgehead atoms. The summed E-state index contributed by atoms with van der Waals surface area (Å²) in [5.74, 6) is -0.194. The topological polar surface area (TPSA) is 59.5 Å². The number of amides is 1. The first-order valence-corrected chi connectivity index (χ1v) is 8.56. The number of ketones is 1. The van der Waals surface area contributed by atoms with Crippen molar-refractivity contribution in [1.29, 1.82) is 0 Å². The number of hydrogen-bond acceptors (Lipinski definition) is 4. The lowest BCUT2D eigenvalue weighted by Crippen LogP contribution is -2.43. The van der Waals surface area contributed by atoms with Crippen LogP contribution in [0.1, 0.15) is 46.2 Å². The van der Waals surface area contributed by atoms with Crippen LogP contribution < -0.4 is 0 Å². The molecule has 1 saturated heterocycles. The van der Waals surface area contributed by atoms with Crippen LogP contribution in [-0.4, -0.2) is 40.8 Å². The quantitative estimate of drug-likeness (QED) is 0.786. The molecule has 0 N–H and O–H groups in total. The van der Waals surface area contributed by atoms with E-state index in [0.717, 1.165) is 18.5 Å². The average molecular weight is 338 g/mol. The van der Waals surface area contributed by atoms with Crippen LogP contribution >= 0.6 is 0 Å². The van der Waals surface area contributed by atoms with Crippen LogP contribution in [0.15, 0.2) is 48.7 Å². The zero-order valence-electron chi connectivity index (χ0n) is 14.4. The van der Waals surface area contributed by atoms with E-state index in [1.165, 1.54) is 6.92 Å². The van der Waals surface area contributed by atoms with Crippen molar-refractivity contribution >= 4 is 11.7 Å². The van der Waals surface area contributed by atoms with Gasteiger partial charge in [-0.25, -0.2) is 0 Å². The third kappa shape index (κ3) is 4.31. The Morgan fingerprint density at radius 3 is 2.64 bits per heavy atom. The van der Waals surface area contributed by atoms with Gasteiger partial charge in [-0.2, -0.15) is 0 Å². The number of likely N-dealkylation sites (tertiary alicyclic amines) is 1. The number of ether oxygens (including phenoxy) is 1. The van der Waals surface area contributed by atoms with Crippen molar-refractivity contribution in [3.8, 4) is 0 Å². The van der Waals surface area contributed by atoms with Gasteiger partial charge in [0.2, 0.25) is 0 Å². The molecular weight excluding hydrogens is 316 g/mol. The molecule has 1 aliphatic rings. The molecule has 0 saturated carbocycles. The van der Waals surface area contributed by atoms with Gasteiger partial charge in [-0.15, -0.1) is 0 Å². The van der Waals surface area contributed by atoms with E-state index in [1.54, 1.807) is 35.4 Å². The van der Waals surface area contributed by atoms with E-state index in [4.69, 9.17) is 4.74 Å². The second kappa shape index (κ2) is 8.03. The van der Waals surface area contributed by atoms with E-state index in [-0.39, 0.29) is 17.8 Å². The van der Waals surface area contributed by atoms with Gasteiger partial charge >= 0.3 is 0 Å². The fourth-order valence-corrected chi connectivity index (χ4v) is 3.09. The lowest BCUT2D eigenvalue weighted by molar-refractivity contribution is -0.00787. The van der Waals surface area contributed by atoms with Gasteiger partial charge in [0.05, 0.1) is 24.0 Å². The molecule has 5 heteroatoms. The molecule has 25 heavy (non-hydrogen) atoms. The van der Waals surface area contributed by atoms with Crippen molar-refractivity contribution in [2.75, 3.05) is 13.1 Å². The summed E-state index contributed by atoms with van der Waals surface area (Å²) < 4.78 is 5.94. The summed E-state index contributed by atoms with van der Waals surface area (Å²) in [5.41, 5.74) is 1.83. The highest BCUT2D eigenvalue weighted by Gasteiger charge is 2.26. The Hall–Kier alpha value is -2.53. The van der Waals surface area contributed by atoms with Gasteiger partial charge in [0.25, 0.3) is 5.91 Å². The van der Waals surface area contributed by atoms with Gasteiger partial charge in [-0.05, 0) is 38.0 Å². The smallest absolute Gasteiger partial charge is 0.254 e. The molecule has 0 spiro atoms. The van der Waals surface area contributed by atoms with Gasteiger partial charge in [0, 0.05) is 24.8 Å². The minimum absolute atomic E-state index is 0.0100. The van der Waals surface area contributed by atoms with Crippen LogP contribution in [0.5, 0.6) is 0 Å².